The first kappa shape index (κ1) is 23.0. The highest BCUT2D eigenvalue weighted by atomic mass is 16.5. The predicted octanol–water partition coefficient (Wildman–Crippen LogP) is 3.94. The fraction of sp³-hybridized carbons (Fsp3) is 0.364. The highest BCUT2D eigenvalue weighted by Gasteiger charge is 2.09. The molecule has 0 aliphatic heterocycles. The van der Waals surface area contributed by atoms with Crippen LogP contribution in [0.2, 0.25) is 0 Å². The van der Waals surface area contributed by atoms with Crippen LogP contribution in [0.5, 0.6) is 0 Å². The minimum absolute atomic E-state index is 0.266. The third kappa shape index (κ3) is 6.61. The van der Waals surface area contributed by atoms with E-state index in [1.54, 1.807) is 25.1 Å². The molecule has 0 fully saturated rings. The molecule has 2 aromatic carbocycles. The lowest BCUT2D eigenvalue weighted by molar-refractivity contribution is 0.0526. The van der Waals surface area contributed by atoms with E-state index in [4.69, 9.17) is 9.84 Å². The molecule has 0 saturated heterocycles. The van der Waals surface area contributed by atoms with E-state index >= 15 is 0 Å². The summed E-state index contributed by atoms with van der Waals surface area (Å²) in [7, 11) is 7.79. The molecule has 0 spiro atoms. The quantitative estimate of drug-likeness (QED) is 0.758. The van der Waals surface area contributed by atoms with Crippen molar-refractivity contribution in [3.05, 3.63) is 59.2 Å². The Kier molecular flexibility index (Phi) is 9.02. The second-order valence-corrected chi connectivity index (χ2v) is 6.56. The second-order valence-electron chi connectivity index (χ2n) is 6.56. The fourth-order valence-corrected chi connectivity index (χ4v) is 2.47. The van der Waals surface area contributed by atoms with Crippen LogP contribution in [0.25, 0.3) is 0 Å². The molecule has 0 heterocycles. The van der Waals surface area contributed by atoms with E-state index < -0.39 is 5.97 Å². The number of rotatable bonds is 6. The zero-order valence-corrected chi connectivity index (χ0v) is 17.5. The largest absolute Gasteiger partial charge is 0.478 e. The molecule has 6 nitrogen and oxygen atoms in total. The fourth-order valence-electron chi connectivity index (χ4n) is 2.47. The highest BCUT2D eigenvalue weighted by Crippen LogP contribution is 2.18. The number of carbonyl (C=O) groups excluding carboxylic acids is 1. The molecule has 28 heavy (non-hydrogen) atoms. The summed E-state index contributed by atoms with van der Waals surface area (Å²) in [4.78, 5) is 26.1. The molecule has 2 aromatic rings. The van der Waals surface area contributed by atoms with Gasteiger partial charge < -0.3 is 19.6 Å². The molecule has 2 rings (SSSR count). The zero-order valence-electron chi connectivity index (χ0n) is 17.5. The second kappa shape index (κ2) is 11.0. The van der Waals surface area contributed by atoms with Gasteiger partial charge in [0.05, 0.1) is 17.7 Å². The normalized spacial score (nSPS) is 9.79. The van der Waals surface area contributed by atoms with Crippen LogP contribution in [0.1, 0.15) is 40.1 Å². The van der Waals surface area contributed by atoms with Gasteiger partial charge in [0.15, 0.2) is 0 Å². The molecule has 1 N–H and O–H groups in total. The van der Waals surface area contributed by atoms with Crippen LogP contribution in [-0.2, 0) is 11.2 Å². The number of benzene rings is 2. The number of anilines is 2. The van der Waals surface area contributed by atoms with Crippen LogP contribution in [0.15, 0.2) is 42.5 Å². The van der Waals surface area contributed by atoms with Gasteiger partial charge in [0.1, 0.15) is 0 Å². The first-order valence-electron chi connectivity index (χ1n) is 9.19. The summed E-state index contributed by atoms with van der Waals surface area (Å²) in [5, 5.41) is 8.91. The first-order valence-corrected chi connectivity index (χ1v) is 9.19. The lowest BCUT2D eigenvalue weighted by Crippen LogP contribution is -2.10. The van der Waals surface area contributed by atoms with Crippen molar-refractivity contribution >= 4 is 23.3 Å². The Bertz CT molecular complexity index is 784. The van der Waals surface area contributed by atoms with Gasteiger partial charge in [-0.2, -0.15) is 0 Å². The van der Waals surface area contributed by atoms with Crippen molar-refractivity contribution in [1.29, 1.82) is 0 Å². The molecular formula is C22H30N2O4. The van der Waals surface area contributed by atoms with Gasteiger partial charge in [0, 0.05) is 39.6 Å². The van der Waals surface area contributed by atoms with Crippen LogP contribution in [-0.4, -0.2) is 51.8 Å². The average molecular weight is 386 g/mol. The Morgan fingerprint density at radius 2 is 1.43 bits per heavy atom. The molecule has 152 valence electrons. The van der Waals surface area contributed by atoms with Crippen molar-refractivity contribution in [3.8, 4) is 0 Å². The summed E-state index contributed by atoms with van der Waals surface area (Å²) in [5.74, 6) is -1.12. The third-order valence-electron chi connectivity index (χ3n) is 4.11. The van der Waals surface area contributed by atoms with E-state index in [2.05, 4.69) is 0 Å². The van der Waals surface area contributed by atoms with E-state index in [-0.39, 0.29) is 5.97 Å². The Labute approximate surface area is 167 Å². The first-order chi connectivity index (χ1) is 13.2. The maximum Gasteiger partial charge on any atom is 0.338 e. The van der Waals surface area contributed by atoms with Crippen LogP contribution < -0.4 is 9.80 Å². The van der Waals surface area contributed by atoms with E-state index in [0.29, 0.717) is 17.7 Å². The Hall–Kier alpha value is -3.02. The molecular weight excluding hydrogens is 356 g/mol. The number of carboxylic acids is 1. The lowest BCUT2D eigenvalue weighted by Gasteiger charge is -2.14. The minimum atomic E-state index is -0.854. The summed E-state index contributed by atoms with van der Waals surface area (Å²) >= 11 is 0. The number of nitrogens with zero attached hydrogens (tertiary/aromatic N) is 2. The molecule has 0 bridgehead atoms. The maximum atomic E-state index is 11.3. The monoisotopic (exact) mass is 386 g/mol. The molecule has 0 aliphatic rings. The smallest absolute Gasteiger partial charge is 0.338 e. The average Bonchev–Trinajstić information content (AvgIpc) is 2.68. The minimum Gasteiger partial charge on any atom is -0.478 e. The molecule has 0 unspecified atom stereocenters. The lowest BCUT2D eigenvalue weighted by atomic mass is 10.0. The summed E-state index contributed by atoms with van der Waals surface area (Å²) in [5.41, 5.74) is 3.98. The molecule has 0 radical (unpaired) electrons. The van der Waals surface area contributed by atoms with Crippen LogP contribution in [0.4, 0.5) is 11.4 Å². The van der Waals surface area contributed by atoms with E-state index in [1.165, 1.54) is 0 Å². The molecule has 0 aliphatic carbocycles. The van der Waals surface area contributed by atoms with Crippen LogP contribution in [0, 0.1) is 0 Å². The van der Waals surface area contributed by atoms with Gasteiger partial charge in [-0.15, -0.1) is 0 Å². The standard InChI is InChI=1S/2C11H15NO2/c1-4-14-11(13)9-5-7-10(8-6-9)12(2)3;1-4-8-7-9(12(2)3)5-6-10(8)11(13)14/h5-8H,4H2,1-3H3;5-7H,4H2,1-3H3,(H,13,14). The van der Waals surface area contributed by atoms with E-state index in [9.17, 15) is 9.59 Å². The molecule has 6 heteroatoms. The highest BCUT2D eigenvalue weighted by molar-refractivity contribution is 5.90. The summed E-state index contributed by atoms with van der Waals surface area (Å²) in [6.07, 6.45) is 0.739. The maximum absolute atomic E-state index is 11.3. The van der Waals surface area contributed by atoms with Crippen molar-refractivity contribution in [2.75, 3.05) is 44.6 Å². The van der Waals surface area contributed by atoms with E-state index in [1.807, 2.05) is 69.2 Å². The topological polar surface area (TPSA) is 70.1 Å². The number of carbonyl (C=O) groups is 2. The van der Waals surface area contributed by atoms with Gasteiger partial charge >= 0.3 is 11.9 Å². The number of carboxylic acid groups (broad SMARTS) is 1. The van der Waals surface area contributed by atoms with Crippen molar-refractivity contribution in [1.82, 2.24) is 0 Å². The van der Waals surface area contributed by atoms with Crippen molar-refractivity contribution < 1.29 is 19.4 Å². The Morgan fingerprint density at radius 1 is 0.893 bits per heavy atom. The third-order valence-corrected chi connectivity index (χ3v) is 4.11. The molecule has 0 saturated carbocycles. The number of aromatic carboxylic acids is 1. The van der Waals surface area contributed by atoms with Crippen molar-refractivity contribution in [2.24, 2.45) is 0 Å². The van der Waals surface area contributed by atoms with Gasteiger partial charge in [-0.05, 0) is 61.4 Å². The Balaban J connectivity index is 0.000000280. The van der Waals surface area contributed by atoms with Crippen molar-refractivity contribution in [2.45, 2.75) is 20.3 Å². The van der Waals surface area contributed by atoms with Gasteiger partial charge in [0.25, 0.3) is 0 Å². The van der Waals surface area contributed by atoms with Crippen molar-refractivity contribution in [3.63, 3.8) is 0 Å². The van der Waals surface area contributed by atoms with Gasteiger partial charge in [0.2, 0.25) is 0 Å². The zero-order chi connectivity index (χ0) is 21.3. The summed E-state index contributed by atoms with van der Waals surface area (Å²) in [6.45, 7) is 4.17. The van der Waals surface area contributed by atoms with Gasteiger partial charge in [-0.1, -0.05) is 6.92 Å². The van der Waals surface area contributed by atoms with Gasteiger partial charge in [-0.3, -0.25) is 0 Å². The van der Waals surface area contributed by atoms with E-state index in [0.717, 1.165) is 23.4 Å². The molecule has 0 amide bonds. The molecule has 0 atom stereocenters. The number of hydrogen-bond donors (Lipinski definition) is 1. The van der Waals surface area contributed by atoms with Crippen LogP contribution >= 0.6 is 0 Å². The number of aryl methyl sites for hydroxylation is 1. The number of ether oxygens (including phenoxy) is 1. The van der Waals surface area contributed by atoms with Gasteiger partial charge in [-0.25, -0.2) is 9.59 Å². The predicted molar refractivity (Wildman–Crippen MR) is 114 cm³/mol. The number of hydrogen-bond acceptors (Lipinski definition) is 5. The van der Waals surface area contributed by atoms with Crippen LogP contribution in [0.3, 0.4) is 0 Å². The Morgan fingerprint density at radius 3 is 1.86 bits per heavy atom. The summed E-state index contributed by atoms with van der Waals surface area (Å²) in [6, 6.07) is 12.7. The number of esters is 1. The SMILES string of the molecule is CCOC(=O)c1ccc(N(C)C)cc1.CCc1cc(N(C)C)ccc1C(=O)O. The molecule has 0 aromatic heterocycles. The summed E-state index contributed by atoms with van der Waals surface area (Å²) < 4.78 is 4.88.